The van der Waals surface area contributed by atoms with Crippen LogP contribution in [0.2, 0.25) is 0 Å². The van der Waals surface area contributed by atoms with Gasteiger partial charge in [0, 0.05) is 15.3 Å². The first kappa shape index (κ1) is 13.8. The van der Waals surface area contributed by atoms with Crippen molar-refractivity contribution in [3.05, 3.63) is 57.3 Å². The van der Waals surface area contributed by atoms with Crippen LogP contribution in [0, 0.1) is 10.5 Å². The Morgan fingerprint density at radius 1 is 1.32 bits per heavy atom. The molecule has 19 heavy (non-hydrogen) atoms. The van der Waals surface area contributed by atoms with Gasteiger partial charge >= 0.3 is 6.09 Å². The molecular weight excluding hydrogens is 355 g/mol. The maximum atomic E-state index is 11.7. The van der Waals surface area contributed by atoms with Crippen molar-refractivity contribution in [3.8, 4) is 0 Å². The first-order chi connectivity index (χ1) is 9.16. The molecule has 1 N–H and O–H groups in total. The van der Waals surface area contributed by atoms with Crippen LogP contribution in [0.5, 0.6) is 0 Å². The Bertz CT molecular complexity index is 573. The summed E-state index contributed by atoms with van der Waals surface area (Å²) in [5.41, 5.74) is 1.88. The van der Waals surface area contributed by atoms with E-state index in [0.717, 1.165) is 14.7 Å². The molecule has 5 heteroatoms. The van der Waals surface area contributed by atoms with Gasteiger partial charge in [-0.05, 0) is 41.1 Å². The van der Waals surface area contributed by atoms with Gasteiger partial charge in [0.2, 0.25) is 0 Å². The first-order valence-corrected chi connectivity index (χ1v) is 6.83. The molecule has 1 heterocycles. The highest BCUT2D eigenvalue weighted by molar-refractivity contribution is 14.1. The number of nitrogens with zero attached hydrogens (tertiary/aromatic N) is 1. The fraction of sp³-hybridized carbons (Fsp3) is 0.143. The first-order valence-electron chi connectivity index (χ1n) is 5.75. The smallest absolute Gasteiger partial charge is 0.413 e. The molecule has 0 aliphatic rings. The molecule has 0 radical (unpaired) electrons. The van der Waals surface area contributed by atoms with Crippen molar-refractivity contribution < 1.29 is 9.53 Å². The molecule has 4 nitrogen and oxygen atoms in total. The highest BCUT2D eigenvalue weighted by Gasteiger charge is 2.08. The second kappa shape index (κ2) is 6.51. The maximum Gasteiger partial charge on any atom is 0.413 e. The summed E-state index contributed by atoms with van der Waals surface area (Å²) in [5, 5.41) is 2.64. The number of carbonyl (C=O) groups is 1. The minimum atomic E-state index is -0.499. The van der Waals surface area contributed by atoms with Gasteiger partial charge in [-0.1, -0.05) is 30.3 Å². The van der Waals surface area contributed by atoms with E-state index in [-0.39, 0.29) is 6.61 Å². The normalized spacial score (nSPS) is 10.0. The fourth-order valence-corrected chi connectivity index (χ4v) is 1.91. The highest BCUT2D eigenvalue weighted by Crippen LogP contribution is 2.17. The summed E-state index contributed by atoms with van der Waals surface area (Å²) < 4.78 is 6.18. The Balaban J connectivity index is 1.93. The van der Waals surface area contributed by atoms with E-state index in [1.165, 1.54) is 0 Å². The van der Waals surface area contributed by atoms with Crippen LogP contribution in [0.15, 0.2) is 42.6 Å². The van der Waals surface area contributed by atoms with Crippen LogP contribution in [-0.2, 0) is 11.3 Å². The molecule has 0 aliphatic heterocycles. The number of hydrogen-bond acceptors (Lipinski definition) is 3. The second-order valence-corrected chi connectivity index (χ2v) is 5.12. The van der Waals surface area contributed by atoms with Crippen LogP contribution < -0.4 is 5.32 Å². The predicted molar refractivity (Wildman–Crippen MR) is 81.9 cm³/mol. The molecule has 1 aromatic heterocycles. The lowest BCUT2D eigenvalue weighted by Gasteiger charge is -2.09. The molecule has 0 atom stereocenters. The Kier molecular flexibility index (Phi) is 4.73. The van der Waals surface area contributed by atoms with Gasteiger partial charge in [-0.2, -0.15) is 0 Å². The molecule has 0 saturated heterocycles. The van der Waals surface area contributed by atoms with E-state index in [4.69, 9.17) is 4.74 Å². The van der Waals surface area contributed by atoms with Crippen molar-refractivity contribution in [3.63, 3.8) is 0 Å². The van der Waals surface area contributed by atoms with Crippen molar-refractivity contribution >= 4 is 34.5 Å². The summed E-state index contributed by atoms with van der Waals surface area (Å²) >= 11 is 2.20. The van der Waals surface area contributed by atoms with Crippen LogP contribution in [0.1, 0.15) is 11.1 Å². The van der Waals surface area contributed by atoms with Gasteiger partial charge in [-0.25, -0.2) is 9.78 Å². The third-order valence-electron chi connectivity index (χ3n) is 2.57. The van der Waals surface area contributed by atoms with E-state index in [1.807, 2.05) is 43.3 Å². The molecule has 0 saturated carbocycles. The molecule has 0 bridgehead atoms. The molecule has 1 amide bonds. The van der Waals surface area contributed by atoms with Crippen LogP contribution in [0.4, 0.5) is 10.6 Å². The lowest BCUT2D eigenvalue weighted by Crippen LogP contribution is -2.15. The lowest BCUT2D eigenvalue weighted by molar-refractivity contribution is 0.155. The summed E-state index contributed by atoms with van der Waals surface area (Å²) in [7, 11) is 0. The van der Waals surface area contributed by atoms with Crippen molar-refractivity contribution in [2.75, 3.05) is 5.32 Å². The number of aromatic nitrogens is 1. The molecule has 0 unspecified atom stereocenters. The average molecular weight is 368 g/mol. The van der Waals surface area contributed by atoms with Crippen LogP contribution in [-0.4, -0.2) is 11.1 Å². The molecular formula is C14H13IN2O2. The van der Waals surface area contributed by atoms with E-state index in [2.05, 4.69) is 32.9 Å². The number of ether oxygens (including phenoxy) is 1. The number of rotatable bonds is 3. The minimum Gasteiger partial charge on any atom is -0.444 e. The monoisotopic (exact) mass is 368 g/mol. The Morgan fingerprint density at radius 3 is 2.79 bits per heavy atom. The van der Waals surface area contributed by atoms with Crippen molar-refractivity contribution in [2.24, 2.45) is 0 Å². The number of nitrogens with one attached hydrogen (secondary N) is 1. The van der Waals surface area contributed by atoms with Crippen molar-refractivity contribution in [2.45, 2.75) is 13.5 Å². The molecule has 1 aromatic carbocycles. The summed E-state index contributed by atoms with van der Waals surface area (Å²) in [6, 6.07) is 11.4. The third-order valence-corrected chi connectivity index (χ3v) is 3.74. The van der Waals surface area contributed by atoms with Gasteiger partial charge in [-0.3, -0.25) is 5.32 Å². The topological polar surface area (TPSA) is 51.2 Å². The summed E-state index contributed by atoms with van der Waals surface area (Å²) in [4.78, 5) is 15.8. The van der Waals surface area contributed by atoms with E-state index in [9.17, 15) is 4.79 Å². The molecule has 0 aliphatic carbocycles. The second-order valence-electron chi connectivity index (χ2n) is 3.95. The zero-order chi connectivity index (χ0) is 13.7. The Hall–Kier alpha value is -1.63. The fourth-order valence-electron chi connectivity index (χ4n) is 1.49. The maximum absolute atomic E-state index is 11.7. The van der Waals surface area contributed by atoms with Crippen LogP contribution >= 0.6 is 22.6 Å². The number of hydrogen-bond donors (Lipinski definition) is 1. The van der Waals surface area contributed by atoms with E-state index in [0.29, 0.717) is 5.82 Å². The zero-order valence-electron chi connectivity index (χ0n) is 10.4. The van der Waals surface area contributed by atoms with Crippen molar-refractivity contribution in [1.29, 1.82) is 0 Å². The number of carbonyl (C=O) groups excluding carboxylic acids is 1. The van der Waals surface area contributed by atoms with Gasteiger partial charge in [0.25, 0.3) is 0 Å². The quantitative estimate of drug-likeness (QED) is 0.840. The summed E-state index contributed by atoms with van der Waals surface area (Å²) in [6.07, 6.45) is 1.16. The summed E-state index contributed by atoms with van der Waals surface area (Å²) in [5.74, 6) is 0.532. The molecule has 98 valence electrons. The van der Waals surface area contributed by atoms with Gasteiger partial charge in [0.05, 0.1) is 0 Å². The largest absolute Gasteiger partial charge is 0.444 e. The SMILES string of the molecule is Cc1c(I)ccnc1NC(=O)OCc1ccccc1. The van der Waals surface area contributed by atoms with Gasteiger partial charge in [0.15, 0.2) is 0 Å². The predicted octanol–water partition coefficient (Wildman–Crippen LogP) is 3.74. The standard InChI is InChI=1S/C14H13IN2O2/c1-10-12(15)7-8-16-13(10)17-14(18)19-9-11-5-3-2-4-6-11/h2-8H,9H2,1H3,(H,16,17,18). The molecule has 2 aromatic rings. The zero-order valence-corrected chi connectivity index (χ0v) is 12.5. The third kappa shape index (κ3) is 3.92. The van der Waals surface area contributed by atoms with E-state index < -0.39 is 6.09 Å². The number of pyridine rings is 1. The average Bonchev–Trinajstić information content (AvgIpc) is 2.43. The molecule has 0 spiro atoms. The van der Waals surface area contributed by atoms with Crippen LogP contribution in [0.25, 0.3) is 0 Å². The number of benzene rings is 1. The number of anilines is 1. The minimum absolute atomic E-state index is 0.246. The van der Waals surface area contributed by atoms with E-state index in [1.54, 1.807) is 6.20 Å². The van der Waals surface area contributed by atoms with E-state index >= 15 is 0 Å². The number of amides is 1. The van der Waals surface area contributed by atoms with Gasteiger partial charge in [0.1, 0.15) is 12.4 Å². The van der Waals surface area contributed by atoms with Gasteiger partial charge < -0.3 is 4.74 Å². The number of halogens is 1. The Morgan fingerprint density at radius 2 is 2.05 bits per heavy atom. The van der Waals surface area contributed by atoms with Crippen molar-refractivity contribution in [1.82, 2.24) is 4.98 Å². The summed E-state index contributed by atoms with van der Waals surface area (Å²) in [6.45, 7) is 2.15. The highest BCUT2D eigenvalue weighted by atomic mass is 127. The van der Waals surface area contributed by atoms with Crippen LogP contribution in [0.3, 0.4) is 0 Å². The lowest BCUT2D eigenvalue weighted by atomic mass is 10.2. The Labute approximate surface area is 125 Å². The van der Waals surface area contributed by atoms with Gasteiger partial charge in [-0.15, -0.1) is 0 Å². The molecule has 0 fully saturated rings. The molecule has 2 rings (SSSR count).